The van der Waals surface area contributed by atoms with Crippen LogP contribution in [0.25, 0.3) is 0 Å². The van der Waals surface area contributed by atoms with Crippen molar-refractivity contribution in [1.82, 2.24) is 9.96 Å². The molecule has 2 amide bonds. The molecule has 1 aliphatic heterocycles. The SMILES string of the molecule is CCN(CC)C(=O)N1OC1c1ccccc1C#N. The minimum Gasteiger partial charge on any atom is -0.323 e. The van der Waals surface area contributed by atoms with Crippen molar-refractivity contribution in [2.24, 2.45) is 0 Å². The Kier molecular flexibility index (Phi) is 3.49. The first-order valence-electron chi connectivity index (χ1n) is 5.96. The predicted molar refractivity (Wildman–Crippen MR) is 65.1 cm³/mol. The highest BCUT2D eigenvalue weighted by atomic mass is 16.8. The van der Waals surface area contributed by atoms with Crippen LogP contribution in [0.5, 0.6) is 0 Å². The molecule has 18 heavy (non-hydrogen) atoms. The maximum absolute atomic E-state index is 12.0. The molecule has 1 aliphatic rings. The minimum atomic E-state index is -0.422. The van der Waals surface area contributed by atoms with Gasteiger partial charge in [0.1, 0.15) is 0 Å². The van der Waals surface area contributed by atoms with Crippen molar-refractivity contribution in [2.75, 3.05) is 13.1 Å². The molecule has 0 bridgehead atoms. The summed E-state index contributed by atoms with van der Waals surface area (Å²) >= 11 is 0. The van der Waals surface area contributed by atoms with E-state index in [9.17, 15) is 4.79 Å². The van der Waals surface area contributed by atoms with E-state index < -0.39 is 6.23 Å². The Morgan fingerprint density at radius 2 is 2.11 bits per heavy atom. The zero-order valence-electron chi connectivity index (χ0n) is 10.5. The molecular formula is C13H15N3O2. The summed E-state index contributed by atoms with van der Waals surface area (Å²) in [6.45, 7) is 5.12. The molecule has 2 rings (SSSR count). The quantitative estimate of drug-likeness (QED) is 0.767. The van der Waals surface area contributed by atoms with E-state index in [-0.39, 0.29) is 6.03 Å². The number of carbonyl (C=O) groups excluding carboxylic acids is 1. The lowest BCUT2D eigenvalue weighted by molar-refractivity contribution is 0.142. The van der Waals surface area contributed by atoms with E-state index >= 15 is 0 Å². The number of carbonyl (C=O) groups is 1. The molecule has 1 unspecified atom stereocenters. The van der Waals surface area contributed by atoms with E-state index in [4.69, 9.17) is 10.1 Å². The van der Waals surface area contributed by atoms with Crippen molar-refractivity contribution in [2.45, 2.75) is 20.1 Å². The molecule has 94 valence electrons. The summed E-state index contributed by atoms with van der Waals surface area (Å²) in [6, 6.07) is 9.09. The lowest BCUT2D eigenvalue weighted by Crippen LogP contribution is -2.34. The van der Waals surface area contributed by atoms with Gasteiger partial charge in [-0.1, -0.05) is 18.2 Å². The topological polar surface area (TPSA) is 59.6 Å². The van der Waals surface area contributed by atoms with Crippen molar-refractivity contribution >= 4 is 6.03 Å². The number of urea groups is 1. The van der Waals surface area contributed by atoms with Crippen LogP contribution in [-0.4, -0.2) is 29.1 Å². The third-order valence-electron chi connectivity index (χ3n) is 2.95. The van der Waals surface area contributed by atoms with Crippen LogP contribution in [0.15, 0.2) is 24.3 Å². The van der Waals surface area contributed by atoms with Gasteiger partial charge in [-0.25, -0.2) is 9.63 Å². The Morgan fingerprint density at radius 1 is 1.44 bits per heavy atom. The molecule has 1 saturated heterocycles. The molecule has 0 radical (unpaired) electrons. The molecule has 0 saturated carbocycles. The zero-order chi connectivity index (χ0) is 13.1. The van der Waals surface area contributed by atoms with Gasteiger partial charge in [0, 0.05) is 18.7 Å². The van der Waals surface area contributed by atoms with E-state index in [1.807, 2.05) is 19.9 Å². The molecule has 1 aromatic carbocycles. The second-order valence-corrected chi connectivity index (χ2v) is 3.94. The summed E-state index contributed by atoms with van der Waals surface area (Å²) in [4.78, 5) is 19.0. The fraction of sp³-hybridized carbons (Fsp3) is 0.385. The number of hydrogen-bond acceptors (Lipinski definition) is 3. The van der Waals surface area contributed by atoms with E-state index in [0.717, 1.165) is 5.56 Å². The second kappa shape index (κ2) is 5.07. The fourth-order valence-corrected chi connectivity index (χ4v) is 1.86. The third kappa shape index (κ3) is 2.15. The van der Waals surface area contributed by atoms with Crippen LogP contribution in [0.4, 0.5) is 4.79 Å². The first kappa shape index (κ1) is 12.4. The maximum atomic E-state index is 12.0. The van der Waals surface area contributed by atoms with Gasteiger partial charge >= 0.3 is 6.03 Å². The summed E-state index contributed by atoms with van der Waals surface area (Å²) < 4.78 is 0. The molecule has 1 aromatic rings. The Hall–Kier alpha value is -2.06. The van der Waals surface area contributed by atoms with Crippen LogP contribution >= 0.6 is 0 Å². The largest absolute Gasteiger partial charge is 0.346 e. The molecule has 0 aliphatic carbocycles. The van der Waals surface area contributed by atoms with Gasteiger partial charge in [-0.2, -0.15) is 10.3 Å². The van der Waals surface area contributed by atoms with E-state index in [0.29, 0.717) is 18.7 Å². The van der Waals surface area contributed by atoms with Gasteiger partial charge < -0.3 is 4.90 Å². The maximum Gasteiger partial charge on any atom is 0.346 e. The number of hydrogen-bond donors (Lipinski definition) is 0. The van der Waals surface area contributed by atoms with E-state index in [1.165, 1.54) is 5.06 Å². The molecule has 1 atom stereocenters. The average molecular weight is 245 g/mol. The van der Waals surface area contributed by atoms with Crippen molar-refractivity contribution in [3.8, 4) is 6.07 Å². The van der Waals surface area contributed by atoms with Crippen molar-refractivity contribution in [1.29, 1.82) is 5.26 Å². The normalized spacial score (nSPS) is 17.2. The van der Waals surface area contributed by atoms with Gasteiger partial charge in [0.25, 0.3) is 0 Å². The number of amides is 2. The van der Waals surface area contributed by atoms with Gasteiger partial charge in [0.2, 0.25) is 6.23 Å². The lowest BCUT2D eigenvalue weighted by Gasteiger charge is -2.17. The van der Waals surface area contributed by atoms with Crippen LogP contribution < -0.4 is 0 Å². The Bertz CT molecular complexity index is 491. The van der Waals surface area contributed by atoms with Gasteiger partial charge in [-0.3, -0.25) is 0 Å². The van der Waals surface area contributed by atoms with E-state index in [2.05, 4.69) is 6.07 Å². The summed E-state index contributed by atoms with van der Waals surface area (Å²) in [5.41, 5.74) is 1.28. The highest BCUT2D eigenvalue weighted by Gasteiger charge is 2.45. The van der Waals surface area contributed by atoms with Crippen LogP contribution in [0.1, 0.15) is 31.2 Å². The highest BCUT2D eigenvalue weighted by molar-refractivity contribution is 5.75. The van der Waals surface area contributed by atoms with Crippen molar-refractivity contribution < 1.29 is 9.63 Å². The first-order valence-corrected chi connectivity index (χ1v) is 5.96. The van der Waals surface area contributed by atoms with Gasteiger partial charge in [-0.05, 0) is 19.9 Å². The monoisotopic (exact) mass is 245 g/mol. The zero-order valence-corrected chi connectivity index (χ0v) is 10.5. The summed E-state index contributed by atoms with van der Waals surface area (Å²) in [5.74, 6) is 0. The average Bonchev–Trinajstić information content (AvgIpc) is 3.20. The summed E-state index contributed by atoms with van der Waals surface area (Å²) in [7, 11) is 0. The van der Waals surface area contributed by atoms with Crippen LogP contribution in [0, 0.1) is 11.3 Å². The Labute approximate surface area is 106 Å². The number of rotatable bonds is 3. The van der Waals surface area contributed by atoms with E-state index in [1.54, 1.807) is 23.1 Å². The first-order chi connectivity index (χ1) is 8.72. The Balaban J connectivity index is 2.12. The molecule has 5 heteroatoms. The standard InChI is InChI=1S/C13H15N3O2/c1-3-15(4-2)13(17)16-12(18-16)11-8-6-5-7-10(11)9-14/h5-8,12H,3-4H2,1-2H3. The minimum absolute atomic E-state index is 0.155. The Morgan fingerprint density at radius 3 is 2.72 bits per heavy atom. The van der Waals surface area contributed by atoms with Crippen LogP contribution in [0.3, 0.4) is 0 Å². The molecular weight excluding hydrogens is 230 g/mol. The van der Waals surface area contributed by atoms with Crippen molar-refractivity contribution in [3.05, 3.63) is 35.4 Å². The molecule has 0 spiro atoms. The number of hydroxylamine groups is 2. The highest BCUT2D eigenvalue weighted by Crippen LogP contribution is 2.39. The third-order valence-corrected chi connectivity index (χ3v) is 2.95. The molecule has 0 N–H and O–H groups in total. The number of benzene rings is 1. The molecule has 0 aromatic heterocycles. The van der Waals surface area contributed by atoms with Gasteiger partial charge in [0.15, 0.2) is 0 Å². The van der Waals surface area contributed by atoms with Crippen molar-refractivity contribution in [3.63, 3.8) is 0 Å². The summed E-state index contributed by atoms with van der Waals surface area (Å²) in [5, 5.41) is 10.3. The van der Waals surface area contributed by atoms with Crippen LogP contribution in [-0.2, 0) is 4.84 Å². The second-order valence-electron chi connectivity index (χ2n) is 3.94. The van der Waals surface area contributed by atoms with Crippen LogP contribution in [0.2, 0.25) is 0 Å². The van der Waals surface area contributed by atoms with Gasteiger partial charge in [0.05, 0.1) is 11.6 Å². The molecule has 1 fully saturated rings. The molecule has 5 nitrogen and oxygen atoms in total. The lowest BCUT2D eigenvalue weighted by atomic mass is 10.1. The molecule has 1 heterocycles. The fourth-order valence-electron chi connectivity index (χ4n) is 1.86. The number of nitriles is 1. The number of nitrogens with zero attached hydrogens (tertiary/aromatic N) is 3. The summed E-state index contributed by atoms with van der Waals surface area (Å²) in [6.07, 6.45) is -0.422. The smallest absolute Gasteiger partial charge is 0.323 e. The predicted octanol–water partition coefficient (Wildman–Crippen LogP) is 2.27. The van der Waals surface area contributed by atoms with Gasteiger partial charge in [-0.15, -0.1) is 0 Å².